The Morgan fingerprint density at radius 1 is 1.43 bits per heavy atom. The molecule has 0 saturated heterocycles. The van der Waals surface area contributed by atoms with E-state index in [2.05, 4.69) is 6.58 Å². The second kappa shape index (κ2) is 4.63. The lowest BCUT2D eigenvalue weighted by Gasteiger charge is -2.03. The summed E-state index contributed by atoms with van der Waals surface area (Å²) in [6, 6.07) is 4.85. The predicted octanol–water partition coefficient (Wildman–Crippen LogP) is 4.14. The van der Waals surface area contributed by atoms with Crippen molar-refractivity contribution in [3.05, 3.63) is 46.0 Å². The fraction of sp³-hybridized carbons (Fsp3) is 0.182. The molecular formula is C11H10Cl2O. The van der Waals surface area contributed by atoms with Gasteiger partial charge in [-0.2, -0.15) is 0 Å². The van der Waals surface area contributed by atoms with E-state index in [9.17, 15) is 4.79 Å². The summed E-state index contributed by atoms with van der Waals surface area (Å²) in [4.78, 5) is 11.6. The van der Waals surface area contributed by atoms with Gasteiger partial charge < -0.3 is 0 Å². The summed E-state index contributed by atoms with van der Waals surface area (Å²) in [7, 11) is 0. The van der Waals surface area contributed by atoms with Crippen LogP contribution in [0.15, 0.2) is 30.4 Å². The predicted molar refractivity (Wildman–Crippen MR) is 60.2 cm³/mol. The van der Waals surface area contributed by atoms with E-state index >= 15 is 0 Å². The molecule has 0 spiro atoms. The normalized spacial score (nSPS) is 9.93. The van der Waals surface area contributed by atoms with Gasteiger partial charge in [-0.15, -0.1) is 0 Å². The van der Waals surface area contributed by atoms with Crippen LogP contribution in [0, 0.1) is 0 Å². The molecule has 0 heterocycles. The quantitative estimate of drug-likeness (QED) is 0.562. The highest BCUT2D eigenvalue weighted by Crippen LogP contribution is 2.22. The molecule has 0 aromatic heterocycles. The van der Waals surface area contributed by atoms with Crippen LogP contribution in [0.1, 0.15) is 23.7 Å². The van der Waals surface area contributed by atoms with Crippen LogP contribution in [0.2, 0.25) is 10.0 Å². The number of hydrogen-bond donors (Lipinski definition) is 0. The van der Waals surface area contributed by atoms with Crippen LogP contribution in [-0.2, 0) is 0 Å². The van der Waals surface area contributed by atoms with Crippen molar-refractivity contribution in [3.8, 4) is 0 Å². The van der Waals surface area contributed by atoms with Crippen LogP contribution < -0.4 is 0 Å². The highest BCUT2D eigenvalue weighted by molar-refractivity contribution is 6.36. The zero-order chi connectivity index (χ0) is 10.7. The summed E-state index contributed by atoms with van der Waals surface area (Å²) in [5.74, 6) is -0.0285. The Hall–Kier alpha value is -0.790. The van der Waals surface area contributed by atoms with Crippen molar-refractivity contribution in [2.45, 2.75) is 13.3 Å². The summed E-state index contributed by atoms with van der Waals surface area (Å²) < 4.78 is 0. The molecular weight excluding hydrogens is 219 g/mol. The fourth-order valence-electron chi connectivity index (χ4n) is 1.08. The van der Waals surface area contributed by atoms with Crippen LogP contribution in [0.3, 0.4) is 0 Å². The fourth-order valence-corrected chi connectivity index (χ4v) is 1.60. The number of carbonyl (C=O) groups is 1. The number of rotatable bonds is 3. The molecule has 0 atom stereocenters. The van der Waals surface area contributed by atoms with E-state index in [1.54, 1.807) is 18.2 Å². The molecule has 0 aliphatic carbocycles. The number of hydrogen-bond acceptors (Lipinski definition) is 1. The summed E-state index contributed by atoms with van der Waals surface area (Å²) >= 11 is 11.6. The molecule has 74 valence electrons. The highest BCUT2D eigenvalue weighted by Gasteiger charge is 2.10. The van der Waals surface area contributed by atoms with Crippen LogP contribution in [0.4, 0.5) is 0 Å². The van der Waals surface area contributed by atoms with Gasteiger partial charge in [-0.3, -0.25) is 4.79 Å². The van der Waals surface area contributed by atoms with Crippen molar-refractivity contribution in [2.75, 3.05) is 0 Å². The molecule has 0 saturated carbocycles. The van der Waals surface area contributed by atoms with Crippen LogP contribution in [0.25, 0.3) is 0 Å². The minimum atomic E-state index is -0.0285. The molecule has 0 amide bonds. The van der Waals surface area contributed by atoms with Crippen LogP contribution >= 0.6 is 23.2 Å². The topological polar surface area (TPSA) is 17.1 Å². The molecule has 14 heavy (non-hydrogen) atoms. The van der Waals surface area contributed by atoms with E-state index < -0.39 is 0 Å². The Kier molecular flexibility index (Phi) is 3.73. The Bertz CT molecular complexity index is 383. The third-order valence-electron chi connectivity index (χ3n) is 1.69. The molecule has 0 bridgehead atoms. The maximum absolute atomic E-state index is 11.6. The van der Waals surface area contributed by atoms with E-state index in [0.29, 0.717) is 22.0 Å². The summed E-state index contributed by atoms with van der Waals surface area (Å²) in [6.45, 7) is 5.49. The first-order valence-corrected chi connectivity index (χ1v) is 4.89. The number of allylic oxidation sites excluding steroid dienone is 1. The zero-order valence-corrected chi connectivity index (χ0v) is 9.32. The summed E-state index contributed by atoms with van der Waals surface area (Å²) in [6.07, 6.45) is 0.321. The van der Waals surface area contributed by atoms with Gasteiger partial charge in [0.25, 0.3) is 0 Å². The van der Waals surface area contributed by atoms with Crippen LogP contribution in [0.5, 0.6) is 0 Å². The largest absolute Gasteiger partial charge is 0.294 e. The Labute approximate surface area is 93.3 Å². The lowest BCUT2D eigenvalue weighted by atomic mass is 10.1. The lowest BCUT2D eigenvalue weighted by molar-refractivity contribution is 0.0993. The Morgan fingerprint density at radius 2 is 2.07 bits per heavy atom. The first-order valence-electron chi connectivity index (χ1n) is 4.13. The lowest BCUT2D eigenvalue weighted by Crippen LogP contribution is -1.99. The molecule has 0 N–H and O–H groups in total. The number of benzene rings is 1. The van der Waals surface area contributed by atoms with Gasteiger partial charge in [-0.1, -0.05) is 35.4 Å². The molecule has 0 radical (unpaired) electrons. The highest BCUT2D eigenvalue weighted by atomic mass is 35.5. The average molecular weight is 229 g/mol. The molecule has 1 aromatic rings. The van der Waals surface area contributed by atoms with Crippen molar-refractivity contribution < 1.29 is 4.79 Å². The van der Waals surface area contributed by atoms with Crippen molar-refractivity contribution >= 4 is 29.0 Å². The van der Waals surface area contributed by atoms with E-state index in [-0.39, 0.29) is 5.78 Å². The van der Waals surface area contributed by atoms with Gasteiger partial charge >= 0.3 is 0 Å². The number of carbonyl (C=O) groups excluding carboxylic acids is 1. The van der Waals surface area contributed by atoms with E-state index in [4.69, 9.17) is 23.2 Å². The van der Waals surface area contributed by atoms with E-state index in [1.165, 1.54) is 0 Å². The van der Waals surface area contributed by atoms with Crippen molar-refractivity contribution in [3.63, 3.8) is 0 Å². The van der Waals surface area contributed by atoms with Gasteiger partial charge in [0.05, 0.1) is 5.02 Å². The van der Waals surface area contributed by atoms with E-state index in [1.807, 2.05) is 6.92 Å². The molecule has 1 rings (SSSR count). The number of halogens is 2. The average Bonchev–Trinajstić information content (AvgIpc) is 2.01. The Morgan fingerprint density at radius 3 is 2.57 bits per heavy atom. The van der Waals surface area contributed by atoms with Gasteiger partial charge in [0.15, 0.2) is 5.78 Å². The van der Waals surface area contributed by atoms with Gasteiger partial charge in [0, 0.05) is 17.0 Å². The molecule has 1 aromatic carbocycles. The van der Waals surface area contributed by atoms with Crippen molar-refractivity contribution in [1.82, 2.24) is 0 Å². The molecule has 0 aliphatic heterocycles. The minimum absolute atomic E-state index is 0.0285. The van der Waals surface area contributed by atoms with Gasteiger partial charge in [-0.05, 0) is 25.1 Å². The molecule has 0 fully saturated rings. The van der Waals surface area contributed by atoms with Gasteiger partial charge in [-0.25, -0.2) is 0 Å². The SMILES string of the molecule is C=C(C)CC(=O)c1ccc(Cl)cc1Cl. The van der Waals surface area contributed by atoms with Crippen molar-refractivity contribution in [1.29, 1.82) is 0 Å². The first-order chi connectivity index (χ1) is 6.50. The maximum atomic E-state index is 11.6. The Balaban J connectivity index is 2.96. The maximum Gasteiger partial charge on any atom is 0.168 e. The van der Waals surface area contributed by atoms with Gasteiger partial charge in [0.2, 0.25) is 0 Å². The number of ketones is 1. The van der Waals surface area contributed by atoms with Crippen molar-refractivity contribution in [2.24, 2.45) is 0 Å². The number of Topliss-reactive ketones (excluding diaryl/α,β-unsaturated/α-hetero) is 1. The molecule has 1 nitrogen and oxygen atoms in total. The third-order valence-corrected chi connectivity index (χ3v) is 2.24. The summed E-state index contributed by atoms with van der Waals surface area (Å²) in [5.41, 5.74) is 1.32. The third kappa shape index (κ3) is 2.86. The standard InChI is InChI=1S/C11H10Cl2O/c1-7(2)5-11(14)9-4-3-8(12)6-10(9)13/h3-4,6H,1,5H2,2H3. The minimum Gasteiger partial charge on any atom is -0.294 e. The molecule has 0 aliphatic rings. The monoisotopic (exact) mass is 228 g/mol. The zero-order valence-electron chi connectivity index (χ0n) is 7.81. The first kappa shape index (κ1) is 11.3. The van der Waals surface area contributed by atoms with E-state index in [0.717, 1.165) is 5.57 Å². The molecule has 3 heteroatoms. The smallest absolute Gasteiger partial charge is 0.168 e. The second-order valence-electron chi connectivity index (χ2n) is 3.18. The van der Waals surface area contributed by atoms with Gasteiger partial charge in [0.1, 0.15) is 0 Å². The molecule has 0 unspecified atom stereocenters. The second-order valence-corrected chi connectivity index (χ2v) is 4.02. The van der Waals surface area contributed by atoms with Crippen LogP contribution in [-0.4, -0.2) is 5.78 Å². The summed E-state index contributed by atoms with van der Waals surface area (Å²) in [5, 5.41) is 0.922.